The van der Waals surface area contributed by atoms with Gasteiger partial charge < -0.3 is 14.6 Å². The van der Waals surface area contributed by atoms with Gasteiger partial charge in [-0.3, -0.25) is 0 Å². The zero-order valence-electron chi connectivity index (χ0n) is 10.1. The van der Waals surface area contributed by atoms with E-state index in [0.29, 0.717) is 30.3 Å². The molecule has 0 saturated carbocycles. The first kappa shape index (κ1) is 12.2. The van der Waals surface area contributed by atoms with E-state index in [4.69, 9.17) is 9.47 Å². The van der Waals surface area contributed by atoms with E-state index in [1.165, 1.54) is 6.07 Å². The molecular formula is C13H17FO3. The van der Waals surface area contributed by atoms with Crippen molar-refractivity contribution in [3.05, 3.63) is 23.5 Å². The van der Waals surface area contributed by atoms with Gasteiger partial charge in [0.15, 0.2) is 11.5 Å². The van der Waals surface area contributed by atoms with Crippen LogP contribution in [0.25, 0.3) is 0 Å². The van der Waals surface area contributed by atoms with Crippen LogP contribution in [0.4, 0.5) is 4.39 Å². The Morgan fingerprint density at radius 1 is 1.24 bits per heavy atom. The Morgan fingerprint density at radius 2 is 1.82 bits per heavy atom. The summed E-state index contributed by atoms with van der Waals surface area (Å²) < 4.78 is 24.9. The summed E-state index contributed by atoms with van der Waals surface area (Å²) in [5, 5.41) is 9.29. The molecule has 17 heavy (non-hydrogen) atoms. The second-order valence-corrected chi connectivity index (χ2v) is 4.87. The van der Waals surface area contributed by atoms with E-state index in [0.717, 1.165) is 6.42 Å². The van der Waals surface area contributed by atoms with Crippen molar-refractivity contribution in [2.24, 2.45) is 0 Å². The van der Waals surface area contributed by atoms with Crippen LogP contribution in [0.1, 0.15) is 25.8 Å². The lowest BCUT2D eigenvalue weighted by Crippen LogP contribution is -2.23. The van der Waals surface area contributed by atoms with Gasteiger partial charge in [0.25, 0.3) is 0 Å². The second kappa shape index (κ2) is 4.53. The van der Waals surface area contributed by atoms with Gasteiger partial charge in [0.1, 0.15) is 5.82 Å². The van der Waals surface area contributed by atoms with Crippen molar-refractivity contribution in [3.8, 4) is 11.5 Å². The molecule has 2 rings (SSSR count). The van der Waals surface area contributed by atoms with Gasteiger partial charge >= 0.3 is 0 Å². The second-order valence-electron chi connectivity index (χ2n) is 4.87. The number of aliphatic hydroxyl groups excluding tert-OH is 1. The fourth-order valence-corrected chi connectivity index (χ4v) is 1.79. The Bertz CT molecular complexity index is 415. The molecule has 1 N–H and O–H groups in total. The third-order valence-corrected chi connectivity index (χ3v) is 2.96. The fourth-order valence-electron chi connectivity index (χ4n) is 1.79. The molecule has 0 spiro atoms. The minimum atomic E-state index is -0.630. The van der Waals surface area contributed by atoms with Crippen LogP contribution in [0, 0.1) is 5.82 Å². The Hall–Kier alpha value is -1.29. The van der Waals surface area contributed by atoms with Crippen LogP contribution in [0.3, 0.4) is 0 Å². The van der Waals surface area contributed by atoms with Crippen molar-refractivity contribution in [1.82, 2.24) is 0 Å². The van der Waals surface area contributed by atoms with Crippen LogP contribution in [0.5, 0.6) is 11.5 Å². The van der Waals surface area contributed by atoms with E-state index in [1.807, 2.05) is 0 Å². The van der Waals surface area contributed by atoms with E-state index in [2.05, 4.69) is 0 Å². The first-order valence-corrected chi connectivity index (χ1v) is 5.75. The maximum absolute atomic E-state index is 13.9. The average Bonchev–Trinajstić information content (AvgIpc) is 2.52. The van der Waals surface area contributed by atoms with Gasteiger partial charge in [-0.25, -0.2) is 4.39 Å². The molecule has 0 bridgehead atoms. The number of halogens is 1. The van der Waals surface area contributed by atoms with E-state index >= 15 is 0 Å². The molecular weight excluding hydrogens is 223 g/mol. The zero-order valence-corrected chi connectivity index (χ0v) is 10.1. The lowest BCUT2D eigenvalue weighted by atomic mass is 9.85. The smallest absolute Gasteiger partial charge is 0.164 e. The molecule has 1 heterocycles. The minimum absolute atomic E-state index is 0.121. The maximum Gasteiger partial charge on any atom is 0.164 e. The summed E-state index contributed by atoms with van der Waals surface area (Å²) in [6.07, 6.45) is 0.787. The first-order chi connectivity index (χ1) is 8.04. The molecule has 0 fully saturated rings. The number of rotatable bonds is 2. The Kier molecular flexibility index (Phi) is 3.24. The van der Waals surface area contributed by atoms with Crippen LogP contribution in [0.2, 0.25) is 0 Å². The molecule has 0 unspecified atom stereocenters. The molecule has 1 aromatic carbocycles. The topological polar surface area (TPSA) is 38.7 Å². The van der Waals surface area contributed by atoms with Gasteiger partial charge in [-0.15, -0.1) is 0 Å². The monoisotopic (exact) mass is 240 g/mol. The number of aliphatic hydroxyl groups is 1. The summed E-state index contributed by atoms with van der Waals surface area (Å²) >= 11 is 0. The number of hydrogen-bond donors (Lipinski definition) is 1. The van der Waals surface area contributed by atoms with Crippen molar-refractivity contribution in [2.75, 3.05) is 19.8 Å². The molecule has 0 aliphatic carbocycles. The Balaban J connectivity index is 2.46. The molecule has 0 saturated heterocycles. The van der Waals surface area contributed by atoms with Crippen molar-refractivity contribution in [2.45, 2.75) is 25.7 Å². The summed E-state index contributed by atoms with van der Waals surface area (Å²) in [7, 11) is 0. The van der Waals surface area contributed by atoms with Crippen LogP contribution < -0.4 is 9.47 Å². The van der Waals surface area contributed by atoms with Gasteiger partial charge in [-0.05, 0) is 11.6 Å². The predicted molar refractivity (Wildman–Crippen MR) is 62.1 cm³/mol. The lowest BCUT2D eigenvalue weighted by Gasteiger charge is -2.24. The summed E-state index contributed by atoms with van der Waals surface area (Å²) in [6, 6.07) is 2.97. The molecule has 4 heteroatoms. The standard InChI is InChI=1S/C13H17FO3/c1-13(2,8-15)9-6-11-12(7-10(9)14)17-5-3-4-16-11/h6-7,15H,3-5,8H2,1-2H3. The van der Waals surface area contributed by atoms with Crippen molar-refractivity contribution in [1.29, 1.82) is 0 Å². The molecule has 1 aromatic rings. The first-order valence-electron chi connectivity index (χ1n) is 5.75. The highest BCUT2D eigenvalue weighted by Gasteiger charge is 2.26. The Labute approximate surface area is 100 Å². The third-order valence-electron chi connectivity index (χ3n) is 2.96. The molecule has 0 atom stereocenters. The number of hydrogen-bond acceptors (Lipinski definition) is 3. The zero-order chi connectivity index (χ0) is 12.5. The summed E-state index contributed by atoms with van der Waals surface area (Å²) in [5.41, 5.74) is -0.182. The summed E-state index contributed by atoms with van der Waals surface area (Å²) in [6.45, 7) is 4.56. The molecule has 0 amide bonds. The predicted octanol–water partition coefficient (Wildman–Crippen LogP) is 2.26. The van der Waals surface area contributed by atoms with Gasteiger partial charge in [0, 0.05) is 17.9 Å². The molecule has 3 nitrogen and oxygen atoms in total. The van der Waals surface area contributed by atoms with Crippen LogP contribution >= 0.6 is 0 Å². The maximum atomic E-state index is 13.9. The highest BCUT2D eigenvalue weighted by molar-refractivity contribution is 5.46. The van der Waals surface area contributed by atoms with Gasteiger partial charge in [0.05, 0.1) is 19.8 Å². The van der Waals surface area contributed by atoms with Crippen molar-refractivity contribution < 1.29 is 19.0 Å². The van der Waals surface area contributed by atoms with Crippen LogP contribution in [-0.4, -0.2) is 24.9 Å². The van der Waals surface area contributed by atoms with Crippen LogP contribution in [-0.2, 0) is 5.41 Å². The minimum Gasteiger partial charge on any atom is -0.490 e. The van der Waals surface area contributed by atoms with E-state index in [-0.39, 0.29) is 12.4 Å². The molecule has 1 aliphatic rings. The number of fused-ring (bicyclic) bond motifs is 1. The van der Waals surface area contributed by atoms with Gasteiger partial charge in [-0.2, -0.15) is 0 Å². The highest BCUT2D eigenvalue weighted by Crippen LogP contribution is 2.36. The fraction of sp³-hybridized carbons (Fsp3) is 0.538. The van der Waals surface area contributed by atoms with E-state index in [1.54, 1.807) is 19.9 Å². The lowest BCUT2D eigenvalue weighted by molar-refractivity contribution is 0.214. The molecule has 94 valence electrons. The van der Waals surface area contributed by atoms with E-state index < -0.39 is 5.41 Å². The van der Waals surface area contributed by atoms with E-state index in [9.17, 15) is 9.50 Å². The average molecular weight is 240 g/mol. The van der Waals surface area contributed by atoms with Crippen molar-refractivity contribution >= 4 is 0 Å². The molecule has 0 radical (unpaired) electrons. The summed E-state index contributed by atoms with van der Waals surface area (Å²) in [4.78, 5) is 0. The highest BCUT2D eigenvalue weighted by atomic mass is 19.1. The summed E-state index contributed by atoms with van der Waals surface area (Å²) in [5.74, 6) is 0.631. The SMILES string of the molecule is CC(C)(CO)c1cc2c(cc1F)OCCCO2. The largest absolute Gasteiger partial charge is 0.490 e. The third kappa shape index (κ3) is 2.36. The number of benzene rings is 1. The molecule has 1 aliphatic heterocycles. The van der Waals surface area contributed by atoms with Crippen LogP contribution in [0.15, 0.2) is 12.1 Å². The molecule has 0 aromatic heterocycles. The quantitative estimate of drug-likeness (QED) is 0.861. The normalized spacial score (nSPS) is 15.5. The Morgan fingerprint density at radius 3 is 2.41 bits per heavy atom. The van der Waals surface area contributed by atoms with Gasteiger partial charge in [-0.1, -0.05) is 13.8 Å². The van der Waals surface area contributed by atoms with Crippen molar-refractivity contribution in [3.63, 3.8) is 0 Å². The number of ether oxygens (including phenoxy) is 2. The van der Waals surface area contributed by atoms with Gasteiger partial charge in [0.2, 0.25) is 0 Å².